The summed E-state index contributed by atoms with van der Waals surface area (Å²) >= 11 is 3.55. The number of hydrogen-bond acceptors (Lipinski definition) is 7. The molecule has 182 valence electrons. The predicted molar refractivity (Wildman–Crippen MR) is 150 cm³/mol. The molecule has 1 aliphatic rings. The van der Waals surface area contributed by atoms with Crippen molar-refractivity contribution in [2.45, 2.75) is 0 Å². The van der Waals surface area contributed by atoms with Crippen LogP contribution in [-0.4, -0.2) is 46.2 Å². The van der Waals surface area contributed by atoms with Crippen molar-refractivity contribution in [3.63, 3.8) is 0 Å². The third kappa shape index (κ3) is 6.19. The molecule has 2 N–H and O–H groups in total. The average molecular weight is 609 g/mol. The Kier molecular flexibility index (Phi) is 11.7. The molecule has 0 saturated carbocycles. The molecule has 1 saturated heterocycles. The number of aromatic nitrogens is 4. The van der Waals surface area contributed by atoms with E-state index in [-0.39, 0.29) is 49.6 Å². The molecule has 0 spiro atoms. The first-order chi connectivity index (χ1) is 14.7. The lowest BCUT2D eigenvalue weighted by atomic mass is 10.0. The zero-order valence-corrected chi connectivity index (χ0v) is 22.6. The third-order valence-electron chi connectivity index (χ3n) is 5.15. The maximum atomic E-state index is 6.19. The molecule has 0 radical (unpaired) electrons. The molecule has 0 unspecified atom stereocenters. The van der Waals surface area contributed by atoms with Crippen molar-refractivity contribution in [2.75, 3.05) is 36.9 Å². The van der Waals surface area contributed by atoms with Gasteiger partial charge in [-0.3, -0.25) is 0 Å². The summed E-state index contributed by atoms with van der Waals surface area (Å²) in [5.41, 5.74) is 10.4. The van der Waals surface area contributed by atoms with Crippen molar-refractivity contribution < 1.29 is 4.74 Å². The molecule has 0 atom stereocenters. The molecule has 7 nitrogen and oxygen atoms in total. The number of rotatable bonds is 3. The lowest BCUT2D eigenvalue weighted by molar-refractivity contribution is 0.122. The number of fused-ring (bicyclic) bond motifs is 1. The number of pyridine rings is 2. The van der Waals surface area contributed by atoms with Gasteiger partial charge in [0, 0.05) is 29.3 Å². The second kappa shape index (κ2) is 13.2. The van der Waals surface area contributed by atoms with E-state index in [4.69, 9.17) is 15.5 Å². The topological polar surface area (TPSA) is 90.0 Å². The molecule has 3 aromatic heterocycles. The Balaban J connectivity index is 0.00000144. The van der Waals surface area contributed by atoms with Gasteiger partial charge in [0.2, 0.25) is 0 Å². The summed E-state index contributed by atoms with van der Waals surface area (Å²) in [5.74, 6) is 1.36. The Bertz CT molecular complexity index is 1230. The fraction of sp³-hybridized carbons (Fsp3) is 0.182. The fourth-order valence-corrected chi connectivity index (χ4v) is 4.04. The van der Waals surface area contributed by atoms with Gasteiger partial charge in [0.25, 0.3) is 0 Å². The standard InChI is InChI=1S/C22H19BrN6O.4ClH/c23-16-3-1-2-14(10-16)17-11-18(28-22-20(17)21(24)26-13-27-22)15-4-5-19(25-12-15)29-6-8-30-9-7-29;;;;/h1-5,10-13H,6-9H2,(H2,24,26,27,28);4*1H. The molecule has 0 aliphatic carbocycles. The van der Waals surface area contributed by atoms with Crippen LogP contribution in [0.25, 0.3) is 33.4 Å². The van der Waals surface area contributed by atoms with Gasteiger partial charge in [-0.2, -0.15) is 0 Å². The summed E-state index contributed by atoms with van der Waals surface area (Å²) in [7, 11) is 0. The molecule has 4 heterocycles. The van der Waals surface area contributed by atoms with E-state index in [1.807, 2.05) is 48.7 Å². The van der Waals surface area contributed by atoms with Crippen LogP contribution in [0.3, 0.4) is 0 Å². The summed E-state index contributed by atoms with van der Waals surface area (Å²) in [5, 5.41) is 0.747. The van der Waals surface area contributed by atoms with Crippen molar-refractivity contribution in [3.8, 4) is 22.4 Å². The number of hydrogen-bond donors (Lipinski definition) is 1. The number of nitrogens with zero attached hydrogens (tertiary/aromatic N) is 5. The van der Waals surface area contributed by atoms with Crippen LogP contribution in [0, 0.1) is 0 Å². The summed E-state index contributed by atoms with van der Waals surface area (Å²) in [6.45, 7) is 3.16. The highest BCUT2D eigenvalue weighted by molar-refractivity contribution is 9.10. The van der Waals surface area contributed by atoms with Crippen LogP contribution in [0.1, 0.15) is 0 Å². The molecule has 12 heteroatoms. The van der Waals surface area contributed by atoms with Gasteiger partial charge in [0.1, 0.15) is 18.0 Å². The summed E-state index contributed by atoms with van der Waals surface area (Å²) in [4.78, 5) is 20.2. The quantitative estimate of drug-likeness (QED) is 0.323. The van der Waals surface area contributed by atoms with Gasteiger partial charge in [-0.15, -0.1) is 49.6 Å². The number of anilines is 2. The van der Waals surface area contributed by atoms with Gasteiger partial charge >= 0.3 is 0 Å². The summed E-state index contributed by atoms with van der Waals surface area (Å²) in [6.07, 6.45) is 3.30. The van der Waals surface area contributed by atoms with Gasteiger partial charge in [-0.1, -0.05) is 28.1 Å². The van der Waals surface area contributed by atoms with Gasteiger partial charge in [-0.05, 0) is 41.5 Å². The second-order valence-electron chi connectivity index (χ2n) is 7.03. The summed E-state index contributed by atoms with van der Waals surface area (Å²) in [6, 6.07) is 14.2. The first kappa shape index (κ1) is 30.1. The highest BCUT2D eigenvalue weighted by atomic mass is 79.9. The molecule has 0 amide bonds. The smallest absolute Gasteiger partial charge is 0.165 e. The monoisotopic (exact) mass is 606 g/mol. The third-order valence-corrected chi connectivity index (χ3v) is 5.64. The van der Waals surface area contributed by atoms with Crippen molar-refractivity contribution in [1.82, 2.24) is 19.9 Å². The number of benzene rings is 1. The molecule has 1 fully saturated rings. The lowest BCUT2D eigenvalue weighted by Gasteiger charge is -2.27. The van der Waals surface area contributed by atoms with E-state index in [0.717, 1.165) is 64.4 Å². The van der Waals surface area contributed by atoms with Crippen LogP contribution >= 0.6 is 65.6 Å². The van der Waals surface area contributed by atoms with Crippen molar-refractivity contribution in [3.05, 3.63) is 59.5 Å². The van der Waals surface area contributed by atoms with Gasteiger partial charge < -0.3 is 15.4 Å². The molecule has 1 aliphatic heterocycles. The van der Waals surface area contributed by atoms with E-state index < -0.39 is 0 Å². The molecular weight excluding hydrogens is 586 g/mol. The van der Waals surface area contributed by atoms with E-state index in [2.05, 4.69) is 35.8 Å². The highest BCUT2D eigenvalue weighted by Gasteiger charge is 2.16. The van der Waals surface area contributed by atoms with Gasteiger partial charge in [0.15, 0.2) is 5.65 Å². The Hall–Kier alpha value is -1.94. The van der Waals surface area contributed by atoms with Crippen LogP contribution < -0.4 is 10.6 Å². The average Bonchev–Trinajstić information content (AvgIpc) is 2.79. The maximum Gasteiger partial charge on any atom is 0.165 e. The number of ether oxygens (including phenoxy) is 1. The minimum atomic E-state index is 0. The van der Waals surface area contributed by atoms with Crippen LogP contribution in [0.15, 0.2) is 59.5 Å². The Labute approximate surface area is 230 Å². The molecule has 0 bridgehead atoms. The molecule has 34 heavy (non-hydrogen) atoms. The van der Waals surface area contributed by atoms with E-state index in [1.54, 1.807) is 0 Å². The van der Waals surface area contributed by atoms with Crippen molar-refractivity contribution in [2.24, 2.45) is 0 Å². The SMILES string of the molecule is Cl.Cl.Cl.Cl.Nc1ncnc2nc(-c3ccc(N4CCOCC4)nc3)cc(-c3cccc(Br)c3)c12. The van der Waals surface area contributed by atoms with E-state index >= 15 is 0 Å². The highest BCUT2D eigenvalue weighted by Crippen LogP contribution is 2.34. The largest absolute Gasteiger partial charge is 0.383 e. The zero-order valence-electron chi connectivity index (χ0n) is 17.8. The zero-order chi connectivity index (χ0) is 20.5. The first-order valence-electron chi connectivity index (χ1n) is 9.65. The van der Waals surface area contributed by atoms with Crippen molar-refractivity contribution in [1.29, 1.82) is 0 Å². The number of morpholine rings is 1. The summed E-state index contributed by atoms with van der Waals surface area (Å²) < 4.78 is 6.41. The molecule has 5 rings (SSSR count). The number of nitrogen functional groups attached to an aromatic ring is 1. The molecular formula is C22H23BrCl4N6O. The Morgan fingerprint density at radius 3 is 2.32 bits per heavy atom. The van der Waals surface area contributed by atoms with Crippen molar-refractivity contribution >= 4 is 88.2 Å². The van der Waals surface area contributed by atoms with Crippen LogP contribution in [0.4, 0.5) is 11.6 Å². The number of nitrogens with two attached hydrogens (primary N) is 1. The normalized spacial score (nSPS) is 12.6. The van der Waals surface area contributed by atoms with Gasteiger partial charge in [0.05, 0.1) is 24.3 Å². The first-order valence-corrected chi connectivity index (χ1v) is 10.4. The lowest BCUT2D eigenvalue weighted by Crippen LogP contribution is -2.36. The fourth-order valence-electron chi connectivity index (χ4n) is 3.64. The van der Waals surface area contributed by atoms with E-state index in [1.165, 1.54) is 6.33 Å². The van der Waals surface area contributed by atoms with Gasteiger partial charge in [-0.25, -0.2) is 19.9 Å². The maximum absolute atomic E-state index is 6.19. The Morgan fingerprint density at radius 2 is 1.65 bits per heavy atom. The van der Waals surface area contributed by atoms with Crippen LogP contribution in [0.2, 0.25) is 0 Å². The van der Waals surface area contributed by atoms with E-state index in [9.17, 15) is 0 Å². The minimum Gasteiger partial charge on any atom is -0.383 e. The van der Waals surface area contributed by atoms with Crippen LogP contribution in [0.5, 0.6) is 0 Å². The predicted octanol–water partition coefficient (Wildman–Crippen LogP) is 5.62. The molecule has 1 aromatic carbocycles. The number of halogens is 5. The second-order valence-corrected chi connectivity index (χ2v) is 7.94. The molecule has 4 aromatic rings. The Morgan fingerprint density at radius 1 is 0.882 bits per heavy atom. The minimum absolute atomic E-state index is 0. The van der Waals surface area contributed by atoms with Crippen LogP contribution in [-0.2, 0) is 4.74 Å². The van der Waals surface area contributed by atoms with E-state index in [0.29, 0.717) is 11.5 Å².